The second kappa shape index (κ2) is 6.49. The molecule has 0 aliphatic carbocycles. The Morgan fingerprint density at radius 3 is 2.42 bits per heavy atom. The highest BCUT2D eigenvalue weighted by atomic mass is 32.2. The van der Waals surface area contributed by atoms with E-state index >= 15 is 0 Å². The van der Waals surface area contributed by atoms with E-state index in [-0.39, 0.29) is 0 Å². The van der Waals surface area contributed by atoms with E-state index in [9.17, 15) is 0 Å². The first-order valence-corrected chi connectivity index (χ1v) is 8.85. The molecule has 3 nitrogen and oxygen atoms in total. The van der Waals surface area contributed by atoms with Gasteiger partial charge in [-0.3, -0.25) is 0 Å². The quantitative estimate of drug-likeness (QED) is 0.497. The number of rotatable bonds is 4. The van der Waals surface area contributed by atoms with Crippen LogP contribution in [0.3, 0.4) is 0 Å². The molecule has 1 heterocycles. The topological polar surface area (TPSA) is 30.7 Å². The molecule has 4 heteroatoms. The molecule has 0 unspecified atom stereocenters. The predicted molar refractivity (Wildman–Crippen MR) is 99.9 cm³/mol. The van der Waals surface area contributed by atoms with Gasteiger partial charge in [-0.25, -0.2) is 0 Å². The Morgan fingerprint density at radius 1 is 0.833 bits per heavy atom. The van der Waals surface area contributed by atoms with Gasteiger partial charge in [0.15, 0.2) is 11.0 Å². The Balaban J connectivity index is 1.54. The summed E-state index contributed by atoms with van der Waals surface area (Å²) in [5.74, 6) is 1.78. The lowest BCUT2D eigenvalue weighted by atomic mass is 10.1. The zero-order chi connectivity index (χ0) is 16.4. The molecule has 0 atom stereocenters. The number of fused-ring (bicyclic) bond motifs is 1. The minimum Gasteiger partial charge on any atom is -0.305 e. The molecule has 0 fully saturated rings. The molecule has 24 heavy (non-hydrogen) atoms. The molecule has 118 valence electrons. The van der Waals surface area contributed by atoms with Crippen molar-refractivity contribution in [3.8, 4) is 11.4 Å². The first kappa shape index (κ1) is 15.0. The molecule has 0 N–H and O–H groups in total. The zero-order valence-electron chi connectivity index (χ0n) is 13.4. The van der Waals surface area contributed by atoms with Crippen LogP contribution in [0.25, 0.3) is 22.2 Å². The van der Waals surface area contributed by atoms with Crippen molar-refractivity contribution in [1.29, 1.82) is 0 Å². The molecule has 3 aromatic carbocycles. The van der Waals surface area contributed by atoms with Crippen molar-refractivity contribution in [2.45, 2.75) is 10.9 Å². The van der Waals surface area contributed by atoms with Gasteiger partial charge in [-0.15, -0.1) is 10.2 Å². The summed E-state index contributed by atoms with van der Waals surface area (Å²) in [6.07, 6.45) is 0. The van der Waals surface area contributed by atoms with Crippen LogP contribution in [-0.2, 0) is 12.8 Å². The van der Waals surface area contributed by atoms with Crippen LogP contribution in [0.4, 0.5) is 0 Å². The van der Waals surface area contributed by atoms with Gasteiger partial charge < -0.3 is 4.57 Å². The molecule has 1 aromatic heterocycles. The summed E-state index contributed by atoms with van der Waals surface area (Å²) >= 11 is 1.71. The summed E-state index contributed by atoms with van der Waals surface area (Å²) in [5.41, 5.74) is 2.38. The SMILES string of the molecule is Cn1c(SCc2ccc3ccccc3c2)nnc1-c1ccccc1. The molecule has 0 aliphatic rings. The summed E-state index contributed by atoms with van der Waals surface area (Å²) < 4.78 is 2.06. The lowest BCUT2D eigenvalue weighted by Crippen LogP contribution is -1.95. The fourth-order valence-corrected chi connectivity index (χ4v) is 3.61. The highest BCUT2D eigenvalue weighted by molar-refractivity contribution is 7.98. The third kappa shape index (κ3) is 2.93. The van der Waals surface area contributed by atoms with Crippen LogP contribution in [0.1, 0.15) is 5.56 Å². The van der Waals surface area contributed by atoms with E-state index in [4.69, 9.17) is 0 Å². The Bertz CT molecular complexity index is 977. The summed E-state index contributed by atoms with van der Waals surface area (Å²) in [4.78, 5) is 0. The minimum atomic E-state index is 0.881. The van der Waals surface area contributed by atoms with Crippen LogP contribution in [0.15, 0.2) is 78.0 Å². The summed E-state index contributed by atoms with van der Waals surface area (Å²) in [5, 5.41) is 12.2. The number of hydrogen-bond acceptors (Lipinski definition) is 3. The van der Waals surface area contributed by atoms with Crippen molar-refractivity contribution < 1.29 is 0 Å². The summed E-state index contributed by atoms with van der Waals surface area (Å²) in [6, 6.07) is 25.2. The van der Waals surface area contributed by atoms with Crippen molar-refractivity contribution in [2.75, 3.05) is 0 Å². The van der Waals surface area contributed by atoms with Crippen LogP contribution >= 0.6 is 11.8 Å². The Morgan fingerprint density at radius 2 is 1.58 bits per heavy atom. The Hall–Kier alpha value is -2.59. The molecule has 4 aromatic rings. The number of aromatic nitrogens is 3. The average molecular weight is 331 g/mol. The zero-order valence-corrected chi connectivity index (χ0v) is 14.2. The molecule has 0 radical (unpaired) electrons. The number of benzene rings is 3. The molecule has 0 aliphatic heterocycles. The van der Waals surface area contributed by atoms with Gasteiger partial charge in [-0.1, -0.05) is 84.6 Å². The lowest BCUT2D eigenvalue weighted by Gasteiger charge is -2.05. The van der Waals surface area contributed by atoms with Crippen LogP contribution in [-0.4, -0.2) is 14.8 Å². The van der Waals surface area contributed by atoms with E-state index in [1.54, 1.807) is 11.8 Å². The van der Waals surface area contributed by atoms with Crippen molar-refractivity contribution in [1.82, 2.24) is 14.8 Å². The fraction of sp³-hybridized carbons (Fsp3) is 0.100. The van der Waals surface area contributed by atoms with Crippen molar-refractivity contribution in [3.05, 3.63) is 78.4 Å². The lowest BCUT2D eigenvalue weighted by molar-refractivity contribution is 0.794. The maximum Gasteiger partial charge on any atom is 0.191 e. The summed E-state index contributed by atoms with van der Waals surface area (Å²) in [7, 11) is 2.02. The second-order valence-electron chi connectivity index (χ2n) is 5.70. The smallest absolute Gasteiger partial charge is 0.191 e. The van der Waals surface area contributed by atoms with Crippen LogP contribution in [0.5, 0.6) is 0 Å². The molecule has 4 rings (SSSR count). The second-order valence-corrected chi connectivity index (χ2v) is 6.64. The Kier molecular flexibility index (Phi) is 4.05. The largest absolute Gasteiger partial charge is 0.305 e. The van der Waals surface area contributed by atoms with Crippen LogP contribution < -0.4 is 0 Å². The number of nitrogens with zero attached hydrogens (tertiary/aromatic N) is 3. The van der Waals surface area contributed by atoms with E-state index in [0.29, 0.717) is 0 Å². The molecule has 0 spiro atoms. The van der Waals surface area contributed by atoms with Crippen molar-refractivity contribution in [2.24, 2.45) is 7.05 Å². The first-order chi connectivity index (χ1) is 11.8. The van der Waals surface area contributed by atoms with Crippen molar-refractivity contribution in [3.63, 3.8) is 0 Å². The molecule has 0 amide bonds. The average Bonchev–Trinajstić information content (AvgIpc) is 3.01. The third-order valence-electron chi connectivity index (χ3n) is 4.05. The molecular weight excluding hydrogens is 314 g/mol. The van der Waals surface area contributed by atoms with Gasteiger partial charge in [-0.2, -0.15) is 0 Å². The molecule has 0 saturated heterocycles. The van der Waals surface area contributed by atoms with Gasteiger partial charge in [0, 0.05) is 18.4 Å². The standard InChI is InChI=1S/C20H17N3S/c1-23-19(17-8-3-2-4-9-17)21-22-20(23)24-14-15-11-12-16-7-5-6-10-18(16)13-15/h2-13H,14H2,1H3. The monoisotopic (exact) mass is 331 g/mol. The minimum absolute atomic E-state index is 0.881. The van der Waals surface area contributed by atoms with Crippen LogP contribution in [0.2, 0.25) is 0 Å². The predicted octanol–water partition coefficient (Wildman–Crippen LogP) is 4.93. The maximum atomic E-state index is 4.35. The van der Waals surface area contributed by atoms with E-state index < -0.39 is 0 Å². The molecule has 0 bridgehead atoms. The highest BCUT2D eigenvalue weighted by Crippen LogP contribution is 2.26. The van der Waals surface area contributed by atoms with Gasteiger partial charge in [0.1, 0.15) is 0 Å². The van der Waals surface area contributed by atoms with E-state index in [0.717, 1.165) is 22.3 Å². The van der Waals surface area contributed by atoms with Gasteiger partial charge >= 0.3 is 0 Å². The van der Waals surface area contributed by atoms with Gasteiger partial charge in [0.2, 0.25) is 0 Å². The first-order valence-electron chi connectivity index (χ1n) is 7.86. The molecular formula is C20H17N3S. The fourth-order valence-electron chi connectivity index (χ4n) is 2.76. The van der Waals surface area contributed by atoms with Gasteiger partial charge in [0.05, 0.1) is 0 Å². The normalized spacial score (nSPS) is 11.0. The van der Waals surface area contributed by atoms with E-state index in [2.05, 4.69) is 69.4 Å². The number of hydrogen-bond donors (Lipinski definition) is 0. The van der Waals surface area contributed by atoms with Gasteiger partial charge in [-0.05, 0) is 16.3 Å². The summed E-state index contributed by atoms with van der Waals surface area (Å²) in [6.45, 7) is 0. The van der Waals surface area contributed by atoms with E-state index in [1.165, 1.54) is 16.3 Å². The molecule has 0 saturated carbocycles. The highest BCUT2D eigenvalue weighted by Gasteiger charge is 2.11. The van der Waals surface area contributed by atoms with Crippen LogP contribution in [0, 0.1) is 0 Å². The third-order valence-corrected chi connectivity index (χ3v) is 5.14. The van der Waals surface area contributed by atoms with Crippen molar-refractivity contribution >= 4 is 22.5 Å². The van der Waals surface area contributed by atoms with E-state index in [1.807, 2.05) is 25.2 Å². The number of thioether (sulfide) groups is 1. The Labute approximate surface area is 145 Å². The van der Waals surface area contributed by atoms with Gasteiger partial charge in [0.25, 0.3) is 0 Å². The maximum absolute atomic E-state index is 4.35.